The maximum atomic E-state index is 13.7. The van der Waals surface area contributed by atoms with Gasteiger partial charge in [0.25, 0.3) is 5.91 Å². The van der Waals surface area contributed by atoms with Crippen LogP contribution in [0, 0.1) is 5.41 Å². The van der Waals surface area contributed by atoms with Crippen LogP contribution in [0.15, 0.2) is 42.5 Å². The number of fused-ring (bicyclic) bond motifs is 1. The molecule has 1 saturated heterocycles. The Labute approximate surface area is 219 Å². The molecule has 3 N–H and O–H groups in total. The molecular weight excluding hydrogens is 468 g/mol. The van der Waals surface area contributed by atoms with Gasteiger partial charge in [0.2, 0.25) is 6.10 Å². The Balaban J connectivity index is 1.51. The highest BCUT2D eigenvalue weighted by molar-refractivity contribution is 6.02. The summed E-state index contributed by atoms with van der Waals surface area (Å²) in [6.45, 7) is 6.23. The van der Waals surface area contributed by atoms with Gasteiger partial charge in [-0.15, -0.1) is 0 Å². The molecule has 2 aromatic rings. The Morgan fingerprint density at radius 2 is 1.78 bits per heavy atom. The summed E-state index contributed by atoms with van der Waals surface area (Å²) in [6, 6.07) is 13.3. The van der Waals surface area contributed by atoms with E-state index in [2.05, 4.69) is 18.7 Å². The van der Waals surface area contributed by atoms with Crippen LogP contribution in [0.5, 0.6) is 5.75 Å². The number of methoxy groups -OCH3 is 1. The van der Waals surface area contributed by atoms with Crippen molar-refractivity contribution >= 4 is 23.4 Å². The third-order valence-corrected chi connectivity index (χ3v) is 7.58. The number of nitrogen functional groups attached to an aromatic ring is 1. The summed E-state index contributed by atoms with van der Waals surface area (Å²) in [6.07, 6.45) is 5.89. The Kier molecular flexibility index (Phi) is 8.48. The van der Waals surface area contributed by atoms with Crippen LogP contribution >= 0.6 is 0 Å². The van der Waals surface area contributed by atoms with E-state index in [0.717, 1.165) is 25.8 Å². The standard InChI is InChI=1S/C29H38N4O4/c1-19-9-7-10-20(2)32(19)15-5-4-6-16-33-24-18-23(29(35)36-3)13-14-25(24)37-26(28(33)34)21-11-8-12-22(17-21)27(30)31/h8,11-14,17-20,26H,4-7,9-10,15-16H2,1-3H3,(H3,30,31)/t19-,20+,26?. The van der Waals surface area contributed by atoms with Crippen LogP contribution < -0.4 is 15.4 Å². The lowest BCUT2D eigenvalue weighted by molar-refractivity contribution is -0.126. The molecule has 2 aliphatic heterocycles. The summed E-state index contributed by atoms with van der Waals surface area (Å²) in [5.74, 6) is -0.200. The highest BCUT2D eigenvalue weighted by atomic mass is 16.5. The number of unbranched alkanes of at least 4 members (excludes halogenated alkanes) is 2. The summed E-state index contributed by atoms with van der Waals surface area (Å²) in [5, 5.41) is 7.76. The van der Waals surface area contributed by atoms with Crippen molar-refractivity contribution in [2.45, 2.75) is 70.6 Å². The predicted octanol–water partition coefficient (Wildman–Crippen LogP) is 4.66. The number of nitrogens with one attached hydrogen (secondary N) is 1. The van der Waals surface area contributed by atoms with Gasteiger partial charge >= 0.3 is 5.97 Å². The molecule has 1 amide bonds. The molecular formula is C29H38N4O4. The van der Waals surface area contributed by atoms with Crippen molar-refractivity contribution in [2.75, 3.05) is 25.1 Å². The highest BCUT2D eigenvalue weighted by Crippen LogP contribution is 2.40. The number of amides is 1. The van der Waals surface area contributed by atoms with E-state index in [1.54, 1.807) is 41.3 Å². The number of piperidine rings is 1. The molecule has 198 valence electrons. The van der Waals surface area contributed by atoms with Crippen LogP contribution in [0.25, 0.3) is 0 Å². The number of benzene rings is 2. The van der Waals surface area contributed by atoms with E-state index >= 15 is 0 Å². The molecule has 0 spiro atoms. The summed E-state index contributed by atoms with van der Waals surface area (Å²) in [4.78, 5) is 30.2. The first-order valence-corrected chi connectivity index (χ1v) is 13.2. The molecule has 2 aliphatic rings. The van der Waals surface area contributed by atoms with Crippen molar-refractivity contribution in [3.8, 4) is 5.75 Å². The number of likely N-dealkylation sites (tertiary alicyclic amines) is 1. The fourth-order valence-electron chi connectivity index (χ4n) is 5.48. The topological polar surface area (TPSA) is 109 Å². The van der Waals surface area contributed by atoms with Crippen molar-refractivity contribution in [2.24, 2.45) is 5.73 Å². The van der Waals surface area contributed by atoms with Gasteiger partial charge in [0.1, 0.15) is 11.6 Å². The lowest BCUT2D eigenvalue weighted by Gasteiger charge is -2.39. The number of nitrogens with two attached hydrogens (primary N) is 1. The second kappa shape index (κ2) is 11.8. The number of carbonyl (C=O) groups excluding carboxylic acids is 2. The van der Waals surface area contributed by atoms with Crippen LogP contribution in [0.1, 0.15) is 80.0 Å². The summed E-state index contributed by atoms with van der Waals surface area (Å²) >= 11 is 0. The average Bonchev–Trinajstić information content (AvgIpc) is 2.90. The van der Waals surface area contributed by atoms with Crippen molar-refractivity contribution in [1.82, 2.24) is 4.90 Å². The smallest absolute Gasteiger partial charge is 0.337 e. The van der Waals surface area contributed by atoms with Gasteiger partial charge < -0.3 is 20.1 Å². The monoisotopic (exact) mass is 506 g/mol. The Morgan fingerprint density at radius 1 is 1.05 bits per heavy atom. The van der Waals surface area contributed by atoms with Crippen LogP contribution in [-0.4, -0.2) is 54.9 Å². The zero-order valence-electron chi connectivity index (χ0n) is 22.0. The van der Waals surface area contributed by atoms with Gasteiger partial charge in [0.05, 0.1) is 18.4 Å². The number of rotatable bonds is 9. The van der Waals surface area contributed by atoms with Crippen molar-refractivity contribution in [1.29, 1.82) is 5.41 Å². The maximum absolute atomic E-state index is 13.7. The molecule has 0 bridgehead atoms. The van der Waals surface area contributed by atoms with E-state index in [1.165, 1.54) is 26.4 Å². The minimum atomic E-state index is -0.856. The van der Waals surface area contributed by atoms with Gasteiger partial charge in [-0.2, -0.15) is 0 Å². The third-order valence-electron chi connectivity index (χ3n) is 7.58. The first-order valence-electron chi connectivity index (χ1n) is 13.2. The minimum Gasteiger partial charge on any atom is -0.474 e. The number of nitrogens with zero attached hydrogens (tertiary/aromatic N) is 2. The van der Waals surface area contributed by atoms with Gasteiger partial charge in [0.15, 0.2) is 0 Å². The van der Waals surface area contributed by atoms with E-state index in [9.17, 15) is 9.59 Å². The second-order valence-corrected chi connectivity index (χ2v) is 10.1. The predicted molar refractivity (Wildman–Crippen MR) is 144 cm³/mol. The number of hydrogen-bond acceptors (Lipinski definition) is 6. The summed E-state index contributed by atoms with van der Waals surface area (Å²) < 4.78 is 11.0. The van der Waals surface area contributed by atoms with Gasteiger partial charge in [-0.25, -0.2) is 4.79 Å². The molecule has 37 heavy (non-hydrogen) atoms. The van der Waals surface area contributed by atoms with E-state index in [4.69, 9.17) is 20.6 Å². The Morgan fingerprint density at radius 3 is 2.49 bits per heavy atom. The fourth-order valence-corrected chi connectivity index (χ4v) is 5.48. The quantitative estimate of drug-likeness (QED) is 0.222. The zero-order chi connectivity index (χ0) is 26.5. The van der Waals surface area contributed by atoms with E-state index in [1.807, 2.05) is 6.07 Å². The molecule has 4 rings (SSSR count). The average molecular weight is 507 g/mol. The van der Waals surface area contributed by atoms with E-state index < -0.39 is 12.1 Å². The number of carbonyl (C=O) groups is 2. The van der Waals surface area contributed by atoms with E-state index in [-0.39, 0.29) is 11.7 Å². The Bertz CT molecular complexity index is 1140. The zero-order valence-corrected chi connectivity index (χ0v) is 22.0. The second-order valence-electron chi connectivity index (χ2n) is 10.1. The van der Waals surface area contributed by atoms with Crippen LogP contribution in [0.2, 0.25) is 0 Å². The molecule has 8 heteroatoms. The summed E-state index contributed by atoms with van der Waals surface area (Å²) in [7, 11) is 1.34. The number of amidine groups is 1. The molecule has 2 aromatic carbocycles. The summed E-state index contributed by atoms with van der Waals surface area (Å²) in [5.41, 5.74) is 7.79. The first-order chi connectivity index (χ1) is 17.8. The molecule has 0 aromatic heterocycles. The molecule has 3 atom stereocenters. The molecule has 0 saturated carbocycles. The maximum Gasteiger partial charge on any atom is 0.337 e. The van der Waals surface area contributed by atoms with Gasteiger partial charge in [-0.3, -0.25) is 15.1 Å². The van der Waals surface area contributed by atoms with Crippen molar-refractivity contribution in [3.05, 3.63) is 59.2 Å². The molecule has 0 radical (unpaired) electrons. The van der Waals surface area contributed by atoms with Crippen LogP contribution in [0.4, 0.5) is 5.69 Å². The lowest BCUT2D eigenvalue weighted by Crippen LogP contribution is -2.44. The minimum absolute atomic E-state index is 0.0672. The fraction of sp³-hybridized carbons (Fsp3) is 0.483. The molecule has 2 heterocycles. The first kappa shape index (κ1) is 26.7. The normalized spacial score (nSPS) is 21.8. The van der Waals surface area contributed by atoms with Gasteiger partial charge in [-0.1, -0.05) is 31.0 Å². The van der Waals surface area contributed by atoms with Crippen LogP contribution in [0.3, 0.4) is 0 Å². The Hall–Kier alpha value is -3.39. The number of esters is 1. The van der Waals surface area contributed by atoms with Gasteiger partial charge in [0, 0.05) is 29.8 Å². The van der Waals surface area contributed by atoms with Crippen LogP contribution in [-0.2, 0) is 9.53 Å². The highest BCUT2D eigenvalue weighted by Gasteiger charge is 2.36. The molecule has 8 nitrogen and oxygen atoms in total. The van der Waals surface area contributed by atoms with Crippen molar-refractivity contribution in [3.63, 3.8) is 0 Å². The number of hydrogen-bond donors (Lipinski definition) is 2. The van der Waals surface area contributed by atoms with Crippen molar-refractivity contribution < 1.29 is 19.1 Å². The largest absolute Gasteiger partial charge is 0.474 e. The van der Waals surface area contributed by atoms with E-state index in [0.29, 0.717) is 46.8 Å². The molecule has 0 aliphatic carbocycles. The van der Waals surface area contributed by atoms with Gasteiger partial charge in [-0.05, 0) is 70.3 Å². The number of ether oxygens (including phenoxy) is 2. The molecule has 1 unspecified atom stereocenters. The third kappa shape index (κ3) is 5.96. The number of anilines is 1. The lowest BCUT2D eigenvalue weighted by atomic mass is 9.97. The molecule has 1 fully saturated rings. The SMILES string of the molecule is COC(=O)c1ccc2c(c1)N(CCCCCN1[C@H](C)CCC[C@@H]1C)C(=O)C(c1cccc(C(=N)N)c1)O2.